The Balaban J connectivity index is 0.000000115. The Bertz CT molecular complexity index is 965. The van der Waals surface area contributed by atoms with Gasteiger partial charge in [0.1, 0.15) is 0 Å². The Labute approximate surface area is 155 Å². The average Bonchev–Trinajstić information content (AvgIpc) is 3.27. The van der Waals surface area contributed by atoms with Crippen LogP contribution in [0.1, 0.15) is 48.1 Å². The molecule has 0 fully saturated rings. The normalized spacial score (nSPS) is 16.0. The number of rotatable bonds is 0. The van der Waals surface area contributed by atoms with Crippen LogP contribution in [0.2, 0.25) is 0 Å². The number of hydrogen-bond donors (Lipinski definition) is 0. The van der Waals surface area contributed by atoms with Gasteiger partial charge >= 0.3 is 0 Å². The van der Waals surface area contributed by atoms with Crippen LogP contribution in [0.15, 0.2) is 61.1 Å². The van der Waals surface area contributed by atoms with Crippen LogP contribution in [0.5, 0.6) is 0 Å². The number of pyridine rings is 2. The lowest BCUT2D eigenvalue weighted by Crippen LogP contribution is -2.02. The Kier molecular flexibility index (Phi) is 4.05. The monoisotopic (exact) mass is 342 g/mol. The molecule has 2 aliphatic carbocycles. The van der Waals surface area contributed by atoms with Crippen LogP contribution in [0.3, 0.4) is 0 Å². The molecule has 0 bridgehead atoms. The molecule has 0 radical (unpaired) electrons. The Morgan fingerprint density at radius 1 is 0.692 bits per heavy atom. The molecule has 4 aromatic heterocycles. The van der Waals surface area contributed by atoms with E-state index in [1.165, 1.54) is 62.4 Å². The smallest absolute Gasteiger partial charge is 0.0484 e. The zero-order valence-electron chi connectivity index (χ0n) is 15.3. The van der Waals surface area contributed by atoms with Crippen molar-refractivity contribution in [2.45, 2.75) is 51.4 Å². The molecule has 0 saturated heterocycles. The summed E-state index contributed by atoms with van der Waals surface area (Å²) in [7, 11) is 0. The first kappa shape index (κ1) is 15.7. The van der Waals surface area contributed by atoms with E-state index in [0.29, 0.717) is 0 Å². The quantitative estimate of drug-likeness (QED) is 0.391. The SMILES string of the molecule is c1ccn2c3c(cc2c1)CCCC3.c1ccn2cc3c(c2c1)CCCC3. The predicted octanol–water partition coefficient (Wildman–Crippen LogP) is 5.64. The summed E-state index contributed by atoms with van der Waals surface area (Å²) in [5.41, 5.74) is 9.04. The fourth-order valence-corrected chi connectivity index (χ4v) is 4.70. The predicted molar refractivity (Wildman–Crippen MR) is 108 cm³/mol. The van der Waals surface area contributed by atoms with Crippen molar-refractivity contribution in [2.75, 3.05) is 0 Å². The number of hydrogen-bond acceptors (Lipinski definition) is 0. The molecule has 0 amide bonds. The van der Waals surface area contributed by atoms with Crippen molar-refractivity contribution in [3.8, 4) is 0 Å². The molecular formula is C24H26N2. The van der Waals surface area contributed by atoms with Gasteiger partial charge in [0.05, 0.1) is 0 Å². The van der Waals surface area contributed by atoms with E-state index < -0.39 is 0 Å². The Morgan fingerprint density at radius 3 is 2.42 bits per heavy atom. The van der Waals surface area contributed by atoms with Crippen LogP contribution in [-0.2, 0) is 25.7 Å². The molecule has 0 aromatic carbocycles. The van der Waals surface area contributed by atoms with Gasteiger partial charge in [-0.15, -0.1) is 0 Å². The van der Waals surface area contributed by atoms with Crippen molar-refractivity contribution >= 4 is 11.0 Å². The molecule has 2 nitrogen and oxygen atoms in total. The molecule has 0 atom stereocenters. The molecule has 0 aliphatic heterocycles. The average molecular weight is 342 g/mol. The van der Waals surface area contributed by atoms with Gasteiger partial charge in [-0.1, -0.05) is 12.1 Å². The van der Waals surface area contributed by atoms with E-state index in [4.69, 9.17) is 0 Å². The maximum absolute atomic E-state index is 2.34. The van der Waals surface area contributed by atoms with Crippen molar-refractivity contribution in [3.05, 3.63) is 83.4 Å². The molecule has 4 aromatic rings. The van der Waals surface area contributed by atoms with Crippen LogP contribution in [0.4, 0.5) is 0 Å². The molecule has 2 heteroatoms. The lowest BCUT2D eigenvalue weighted by atomic mass is 9.95. The fourth-order valence-electron chi connectivity index (χ4n) is 4.70. The summed E-state index contributed by atoms with van der Waals surface area (Å²) in [6.07, 6.45) is 17.2. The highest BCUT2D eigenvalue weighted by molar-refractivity contribution is 5.60. The third-order valence-electron chi connectivity index (χ3n) is 5.99. The van der Waals surface area contributed by atoms with Crippen molar-refractivity contribution < 1.29 is 0 Å². The van der Waals surface area contributed by atoms with Crippen LogP contribution in [-0.4, -0.2) is 8.80 Å². The minimum Gasteiger partial charge on any atom is -0.323 e. The Hall–Kier alpha value is -2.48. The first-order chi connectivity index (χ1) is 12.9. The van der Waals surface area contributed by atoms with Crippen LogP contribution < -0.4 is 0 Å². The minimum absolute atomic E-state index is 1.26. The molecule has 26 heavy (non-hydrogen) atoms. The summed E-state index contributed by atoms with van der Waals surface area (Å²) in [6, 6.07) is 15.2. The fraction of sp³-hybridized carbons (Fsp3) is 0.333. The van der Waals surface area contributed by atoms with Crippen molar-refractivity contribution in [1.82, 2.24) is 8.80 Å². The van der Waals surface area contributed by atoms with Gasteiger partial charge in [0.15, 0.2) is 0 Å². The highest BCUT2D eigenvalue weighted by Gasteiger charge is 2.14. The molecule has 6 rings (SSSR count). The van der Waals surface area contributed by atoms with E-state index >= 15 is 0 Å². The van der Waals surface area contributed by atoms with E-state index in [1.54, 1.807) is 22.4 Å². The van der Waals surface area contributed by atoms with Gasteiger partial charge in [-0.05, 0) is 98.4 Å². The molecule has 0 unspecified atom stereocenters. The zero-order valence-corrected chi connectivity index (χ0v) is 15.3. The Morgan fingerprint density at radius 2 is 1.46 bits per heavy atom. The highest BCUT2D eigenvalue weighted by Crippen LogP contribution is 2.26. The summed E-state index contributed by atoms with van der Waals surface area (Å²) >= 11 is 0. The van der Waals surface area contributed by atoms with E-state index in [1.807, 2.05) is 0 Å². The molecule has 0 saturated carbocycles. The second-order valence-corrected chi connectivity index (χ2v) is 7.65. The largest absolute Gasteiger partial charge is 0.323 e. The first-order valence-electron chi connectivity index (χ1n) is 10.1. The number of aromatic nitrogens is 2. The minimum atomic E-state index is 1.26. The van der Waals surface area contributed by atoms with Crippen molar-refractivity contribution in [1.29, 1.82) is 0 Å². The van der Waals surface area contributed by atoms with Crippen molar-refractivity contribution in [2.24, 2.45) is 0 Å². The lowest BCUT2D eigenvalue weighted by Gasteiger charge is -2.11. The second-order valence-electron chi connectivity index (χ2n) is 7.65. The van der Waals surface area contributed by atoms with Gasteiger partial charge in [-0.25, -0.2) is 0 Å². The molecule has 4 heterocycles. The van der Waals surface area contributed by atoms with E-state index in [-0.39, 0.29) is 0 Å². The molecule has 0 N–H and O–H groups in total. The number of nitrogens with zero attached hydrogens (tertiary/aromatic N) is 2. The van der Waals surface area contributed by atoms with Crippen LogP contribution >= 0.6 is 0 Å². The third-order valence-corrected chi connectivity index (χ3v) is 5.99. The summed E-state index contributed by atoms with van der Waals surface area (Å²) in [4.78, 5) is 0. The van der Waals surface area contributed by atoms with Crippen LogP contribution in [0.25, 0.3) is 11.0 Å². The van der Waals surface area contributed by atoms with Crippen LogP contribution in [0, 0.1) is 0 Å². The van der Waals surface area contributed by atoms with Gasteiger partial charge in [-0.3, -0.25) is 0 Å². The van der Waals surface area contributed by atoms with Gasteiger partial charge in [0.2, 0.25) is 0 Å². The second kappa shape index (κ2) is 6.68. The lowest BCUT2D eigenvalue weighted by molar-refractivity contribution is 0.669. The van der Waals surface area contributed by atoms with Gasteiger partial charge in [0.25, 0.3) is 0 Å². The summed E-state index contributed by atoms with van der Waals surface area (Å²) in [5, 5.41) is 0. The number of fused-ring (bicyclic) bond motifs is 6. The zero-order chi connectivity index (χ0) is 17.3. The van der Waals surface area contributed by atoms with E-state index in [2.05, 4.69) is 69.9 Å². The number of aryl methyl sites for hydroxylation is 4. The van der Waals surface area contributed by atoms with E-state index in [9.17, 15) is 0 Å². The first-order valence-corrected chi connectivity index (χ1v) is 10.1. The van der Waals surface area contributed by atoms with E-state index in [0.717, 1.165) is 0 Å². The van der Waals surface area contributed by atoms with Gasteiger partial charge in [0, 0.05) is 35.3 Å². The topological polar surface area (TPSA) is 8.82 Å². The van der Waals surface area contributed by atoms with Gasteiger partial charge < -0.3 is 8.80 Å². The third kappa shape index (κ3) is 2.74. The highest BCUT2D eigenvalue weighted by atomic mass is 14.9. The maximum atomic E-state index is 2.34. The standard InChI is InChI=1S/2C12H13N/c1-2-7-12-10(5-1)9-11-6-3-4-8-13(11)12;1-2-6-11-10(5-1)9-13-8-4-3-7-12(11)13/h3-4,6,8-9H,1-2,5,7H2;3-4,7-9H,1-2,5-6H2. The summed E-state index contributed by atoms with van der Waals surface area (Å²) in [5.74, 6) is 0. The molecule has 132 valence electrons. The summed E-state index contributed by atoms with van der Waals surface area (Å²) < 4.78 is 4.60. The van der Waals surface area contributed by atoms with Crippen molar-refractivity contribution in [3.63, 3.8) is 0 Å². The molecule has 2 aliphatic rings. The maximum Gasteiger partial charge on any atom is 0.0484 e. The van der Waals surface area contributed by atoms with Gasteiger partial charge in [-0.2, -0.15) is 0 Å². The molecule has 0 spiro atoms. The summed E-state index contributed by atoms with van der Waals surface area (Å²) in [6.45, 7) is 0. The molecular weight excluding hydrogens is 316 g/mol.